The minimum Gasteiger partial charge on any atom is -0.464 e. The fourth-order valence-corrected chi connectivity index (χ4v) is 2.01. The summed E-state index contributed by atoms with van der Waals surface area (Å²) in [5.74, 6) is -0.0477. The number of hydrogen-bond acceptors (Lipinski definition) is 4. The van der Waals surface area contributed by atoms with Crippen molar-refractivity contribution in [2.75, 3.05) is 32.8 Å². The quantitative estimate of drug-likeness (QED) is 0.563. The number of rotatable bonds is 1. The average molecular weight is 184 g/mol. The molecule has 4 nitrogen and oxygen atoms in total. The highest BCUT2D eigenvalue weighted by Crippen LogP contribution is 2.11. The lowest BCUT2D eigenvalue weighted by Crippen LogP contribution is -2.38. The van der Waals surface area contributed by atoms with Gasteiger partial charge in [-0.1, -0.05) is 0 Å². The molecule has 2 aliphatic heterocycles. The van der Waals surface area contributed by atoms with Gasteiger partial charge in [0.2, 0.25) is 0 Å². The van der Waals surface area contributed by atoms with Gasteiger partial charge in [-0.3, -0.25) is 9.69 Å². The maximum atomic E-state index is 11.0. The van der Waals surface area contributed by atoms with Gasteiger partial charge in [0.15, 0.2) is 0 Å². The third kappa shape index (κ3) is 2.19. The van der Waals surface area contributed by atoms with E-state index >= 15 is 0 Å². The van der Waals surface area contributed by atoms with Gasteiger partial charge in [0.05, 0.1) is 6.42 Å². The van der Waals surface area contributed by atoms with Gasteiger partial charge in [-0.15, -0.1) is 0 Å². The first kappa shape index (κ1) is 8.97. The summed E-state index contributed by atoms with van der Waals surface area (Å²) in [6.07, 6.45) is 1.75. The van der Waals surface area contributed by atoms with Crippen LogP contribution < -0.4 is 5.32 Å². The van der Waals surface area contributed by atoms with Crippen molar-refractivity contribution in [2.24, 2.45) is 0 Å². The van der Waals surface area contributed by atoms with Gasteiger partial charge in [-0.05, 0) is 13.0 Å². The standard InChI is InChI=1S/C9H16N2O2/c12-9-2-4-11(5-6-13-9)8-1-3-10-7-8/h8,10H,1-7H2. The normalized spacial score (nSPS) is 31.4. The van der Waals surface area contributed by atoms with E-state index in [1.807, 2.05) is 0 Å². The van der Waals surface area contributed by atoms with Crippen LogP contribution in [0.15, 0.2) is 0 Å². The summed E-state index contributed by atoms with van der Waals surface area (Å²) in [6.45, 7) is 4.50. The maximum absolute atomic E-state index is 11.0. The summed E-state index contributed by atoms with van der Waals surface area (Å²) in [4.78, 5) is 13.3. The van der Waals surface area contributed by atoms with Crippen LogP contribution in [0.3, 0.4) is 0 Å². The zero-order valence-corrected chi connectivity index (χ0v) is 7.79. The number of cyclic esters (lactones) is 1. The Morgan fingerprint density at radius 2 is 2.38 bits per heavy atom. The molecule has 0 aliphatic carbocycles. The molecule has 1 unspecified atom stereocenters. The van der Waals surface area contributed by atoms with Crippen molar-refractivity contribution >= 4 is 5.97 Å². The van der Waals surface area contributed by atoms with E-state index in [-0.39, 0.29) is 5.97 Å². The van der Waals surface area contributed by atoms with Crippen LogP contribution in [0.4, 0.5) is 0 Å². The molecule has 2 saturated heterocycles. The monoisotopic (exact) mass is 184 g/mol. The Morgan fingerprint density at radius 1 is 1.46 bits per heavy atom. The minimum absolute atomic E-state index is 0.0477. The van der Waals surface area contributed by atoms with Gasteiger partial charge in [0.1, 0.15) is 6.61 Å². The van der Waals surface area contributed by atoms with E-state index in [4.69, 9.17) is 4.74 Å². The Morgan fingerprint density at radius 3 is 3.15 bits per heavy atom. The van der Waals surface area contributed by atoms with Crippen LogP contribution >= 0.6 is 0 Å². The summed E-state index contributed by atoms with van der Waals surface area (Å²) in [5, 5.41) is 3.33. The van der Waals surface area contributed by atoms with Gasteiger partial charge in [-0.25, -0.2) is 0 Å². The Bertz CT molecular complexity index is 190. The summed E-state index contributed by atoms with van der Waals surface area (Å²) in [6, 6.07) is 0.620. The van der Waals surface area contributed by atoms with Crippen molar-refractivity contribution in [2.45, 2.75) is 18.9 Å². The minimum atomic E-state index is -0.0477. The SMILES string of the molecule is O=C1CCN(C2CCNC2)CCO1. The largest absolute Gasteiger partial charge is 0.464 e. The second-order valence-corrected chi connectivity index (χ2v) is 3.65. The van der Waals surface area contributed by atoms with E-state index in [1.165, 1.54) is 6.42 Å². The Balaban J connectivity index is 1.87. The van der Waals surface area contributed by atoms with Gasteiger partial charge in [-0.2, -0.15) is 0 Å². The van der Waals surface area contributed by atoms with Crippen molar-refractivity contribution in [3.63, 3.8) is 0 Å². The topological polar surface area (TPSA) is 41.6 Å². The second kappa shape index (κ2) is 4.07. The van der Waals surface area contributed by atoms with Crippen LogP contribution in [0.25, 0.3) is 0 Å². The first-order valence-corrected chi connectivity index (χ1v) is 4.96. The zero-order valence-electron chi connectivity index (χ0n) is 7.79. The predicted octanol–water partition coefficient (Wildman–Crippen LogP) is -0.403. The molecule has 0 radical (unpaired) electrons. The van der Waals surface area contributed by atoms with E-state index < -0.39 is 0 Å². The molecule has 0 aromatic carbocycles. The number of hydrogen-bond donors (Lipinski definition) is 1. The summed E-state index contributed by atoms with van der Waals surface area (Å²) >= 11 is 0. The Kier molecular flexibility index (Phi) is 2.80. The number of nitrogens with zero attached hydrogens (tertiary/aromatic N) is 1. The second-order valence-electron chi connectivity index (χ2n) is 3.65. The lowest BCUT2D eigenvalue weighted by molar-refractivity contribution is -0.142. The molecule has 1 N–H and O–H groups in total. The molecular formula is C9H16N2O2. The first-order valence-electron chi connectivity index (χ1n) is 4.96. The molecule has 2 aliphatic rings. The smallest absolute Gasteiger partial charge is 0.307 e. The molecule has 74 valence electrons. The van der Waals surface area contributed by atoms with Crippen molar-refractivity contribution in [1.29, 1.82) is 0 Å². The van der Waals surface area contributed by atoms with Crippen LogP contribution in [0.5, 0.6) is 0 Å². The lowest BCUT2D eigenvalue weighted by atomic mass is 10.2. The number of carbonyl (C=O) groups is 1. The number of carbonyl (C=O) groups excluding carboxylic acids is 1. The Labute approximate surface area is 78.2 Å². The third-order valence-electron chi connectivity index (χ3n) is 2.80. The van der Waals surface area contributed by atoms with Crippen molar-refractivity contribution < 1.29 is 9.53 Å². The highest BCUT2D eigenvalue weighted by atomic mass is 16.5. The van der Waals surface area contributed by atoms with Crippen LogP contribution in [0, 0.1) is 0 Å². The summed E-state index contributed by atoms with van der Waals surface area (Å²) in [7, 11) is 0. The molecular weight excluding hydrogens is 168 g/mol. The van der Waals surface area contributed by atoms with Gasteiger partial charge >= 0.3 is 5.97 Å². The van der Waals surface area contributed by atoms with Crippen LogP contribution in [0.2, 0.25) is 0 Å². The van der Waals surface area contributed by atoms with Crippen LogP contribution in [-0.2, 0) is 9.53 Å². The molecule has 2 rings (SSSR count). The molecule has 0 amide bonds. The van der Waals surface area contributed by atoms with E-state index in [9.17, 15) is 4.79 Å². The van der Waals surface area contributed by atoms with Crippen molar-refractivity contribution in [3.8, 4) is 0 Å². The molecule has 0 saturated carbocycles. The molecule has 13 heavy (non-hydrogen) atoms. The molecule has 0 aromatic heterocycles. The fourth-order valence-electron chi connectivity index (χ4n) is 2.01. The number of esters is 1. The molecule has 1 atom stereocenters. The highest BCUT2D eigenvalue weighted by molar-refractivity contribution is 5.69. The summed E-state index contributed by atoms with van der Waals surface area (Å²) in [5.41, 5.74) is 0. The maximum Gasteiger partial charge on any atom is 0.307 e. The zero-order chi connectivity index (χ0) is 9.10. The van der Waals surface area contributed by atoms with Gasteiger partial charge < -0.3 is 10.1 Å². The lowest BCUT2D eigenvalue weighted by Gasteiger charge is -2.24. The van der Waals surface area contributed by atoms with Crippen molar-refractivity contribution in [1.82, 2.24) is 10.2 Å². The molecule has 0 bridgehead atoms. The van der Waals surface area contributed by atoms with E-state index in [1.54, 1.807) is 0 Å². The van der Waals surface area contributed by atoms with E-state index in [0.29, 0.717) is 19.1 Å². The van der Waals surface area contributed by atoms with E-state index in [0.717, 1.165) is 26.2 Å². The van der Waals surface area contributed by atoms with Crippen LogP contribution in [0.1, 0.15) is 12.8 Å². The van der Waals surface area contributed by atoms with Crippen molar-refractivity contribution in [3.05, 3.63) is 0 Å². The third-order valence-corrected chi connectivity index (χ3v) is 2.80. The Hall–Kier alpha value is -0.610. The summed E-state index contributed by atoms with van der Waals surface area (Å²) < 4.78 is 4.99. The van der Waals surface area contributed by atoms with E-state index in [2.05, 4.69) is 10.2 Å². The molecule has 2 fully saturated rings. The average Bonchev–Trinajstić information content (AvgIpc) is 2.56. The number of nitrogens with one attached hydrogen (secondary N) is 1. The first-order chi connectivity index (χ1) is 6.36. The van der Waals surface area contributed by atoms with Crippen LogP contribution in [-0.4, -0.2) is 49.7 Å². The van der Waals surface area contributed by atoms with Gasteiger partial charge in [0, 0.05) is 25.7 Å². The molecule has 0 aromatic rings. The fraction of sp³-hybridized carbons (Fsp3) is 0.889. The predicted molar refractivity (Wildman–Crippen MR) is 48.4 cm³/mol. The number of ether oxygens (including phenoxy) is 1. The molecule has 4 heteroatoms. The highest BCUT2D eigenvalue weighted by Gasteiger charge is 2.24. The molecule has 2 heterocycles. The van der Waals surface area contributed by atoms with Gasteiger partial charge in [0.25, 0.3) is 0 Å². The molecule has 0 spiro atoms.